The molecule has 34 heavy (non-hydrogen) atoms. The van der Waals surface area contributed by atoms with Gasteiger partial charge in [-0.1, -0.05) is 17.7 Å². The van der Waals surface area contributed by atoms with Crippen LogP contribution >= 0.6 is 11.6 Å². The summed E-state index contributed by atoms with van der Waals surface area (Å²) in [6.07, 6.45) is 3.83. The van der Waals surface area contributed by atoms with Crippen molar-refractivity contribution in [3.05, 3.63) is 53.2 Å². The van der Waals surface area contributed by atoms with Crippen LogP contribution in [0.5, 0.6) is 11.5 Å². The molecule has 0 atom stereocenters. The van der Waals surface area contributed by atoms with Gasteiger partial charge in [0.25, 0.3) is 0 Å². The van der Waals surface area contributed by atoms with E-state index in [1.54, 1.807) is 25.3 Å². The number of ether oxygens (including phenoxy) is 2. The quantitative estimate of drug-likeness (QED) is 0.304. The summed E-state index contributed by atoms with van der Waals surface area (Å²) < 4.78 is 36.7. The molecular weight excluding hydrogens is 482 g/mol. The fourth-order valence-electron chi connectivity index (χ4n) is 3.10. The summed E-state index contributed by atoms with van der Waals surface area (Å²) in [6.45, 7) is 0.103. The molecule has 0 unspecified atom stereocenters. The molecular formula is C22H26ClN5O5S. The third kappa shape index (κ3) is 6.86. The van der Waals surface area contributed by atoms with Crippen molar-refractivity contribution in [3.63, 3.8) is 0 Å². The summed E-state index contributed by atoms with van der Waals surface area (Å²) in [6, 6.07) is 10.5. The summed E-state index contributed by atoms with van der Waals surface area (Å²) in [7, 11) is -0.503. The van der Waals surface area contributed by atoms with Crippen LogP contribution in [0.4, 0.5) is 28.8 Å². The number of nitrogens with zero attached hydrogens (tertiary/aromatic N) is 2. The van der Waals surface area contributed by atoms with E-state index in [1.807, 2.05) is 18.2 Å². The first-order valence-corrected chi connectivity index (χ1v) is 12.5. The van der Waals surface area contributed by atoms with Crippen molar-refractivity contribution in [2.75, 3.05) is 42.4 Å². The average molecular weight is 508 g/mol. The molecule has 0 bridgehead atoms. The number of sulfonamides is 1. The topological polar surface area (TPSA) is 135 Å². The van der Waals surface area contributed by atoms with Gasteiger partial charge in [-0.3, -0.25) is 4.72 Å². The summed E-state index contributed by atoms with van der Waals surface area (Å²) in [5.74, 6) is 1.57. The number of aliphatic hydroxyl groups is 1. The molecule has 0 aliphatic carbocycles. The second-order valence-corrected chi connectivity index (χ2v) is 9.44. The van der Waals surface area contributed by atoms with Gasteiger partial charge < -0.3 is 25.2 Å². The highest BCUT2D eigenvalue weighted by atomic mass is 35.5. The number of methoxy groups -OCH3 is 2. The van der Waals surface area contributed by atoms with Gasteiger partial charge in [-0.2, -0.15) is 4.98 Å². The van der Waals surface area contributed by atoms with E-state index >= 15 is 0 Å². The summed E-state index contributed by atoms with van der Waals surface area (Å²) in [5.41, 5.74) is 2.35. The number of hydrogen-bond acceptors (Lipinski definition) is 9. The lowest BCUT2D eigenvalue weighted by atomic mass is 10.1. The van der Waals surface area contributed by atoms with Crippen molar-refractivity contribution in [2.24, 2.45) is 0 Å². The second-order valence-electron chi connectivity index (χ2n) is 7.29. The Bertz CT molecular complexity index is 1260. The van der Waals surface area contributed by atoms with Crippen molar-refractivity contribution in [3.8, 4) is 11.5 Å². The van der Waals surface area contributed by atoms with Crippen LogP contribution < -0.4 is 24.8 Å². The van der Waals surface area contributed by atoms with Crippen LogP contribution in [-0.2, 0) is 16.4 Å². The number of aliphatic hydroxyl groups excluding tert-OH is 1. The standard InChI is InChI=1S/C22H26ClN5O5S/c1-32-15-7-8-17(18(12-15)28-34(3,30)31)25-21-16(23)13-24-22(27-21)26-19-11-14(5-4-10-29)6-9-20(19)33-2/h6-9,11-13,28-29H,4-5,10H2,1-3H3,(H2,24,25,26,27). The molecule has 182 valence electrons. The highest BCUT2D eigenvalue weighted by Crippen LogP contribution is 2.33. The zero-order valence-corrected chi connectivity index (χ0v) is 20.5. The average Bonchev–Trinajstić information content (AvgIpc) is 2.80. The van der Waals surface area contributed by atoms with E-state index in [2.05, 4.69) is 25.3 Å². The molecule has 1 aromatic heterocycles. The zero-order valence-electron chi connectivity index (χ0n) is 18.9. The molecule has 0 spiro atoms. The molecule has 0 amide bonds. The maximum absolute atomic E-state index is 11.8. The van der Waals surface area contributed by atoms with Crippen LogP contribution in [0.2, 0.25) is 5.02 Å². The van der Waals surface area contributed by atoms with Crippen molar-refractivity contribution >= 4 is 50.5 Å². The highest BCUT2D eigenvalue weighted by Gasteiger charge is 2.14. The number of aromatic nitrogens is 2. The minimum Gasteiger partial charge on any atom is -0.497 e. The SMILES string of the molecule is COc1ccc(Nc2nc(Nc3cc(CCCO)ccc3OC)ncc2Cl)c(NS(C)(=O)=O)c1. The molecule has 10 nitrogen and oxygen atoms in total. The van der Waals surface area contributed by atoms with Gasteiger partial charge in [0.2, 0.25) is 16.0 Å². The molecule has 0 radical (unpaired) electrons. The molecule has 3 rings (SSSR count). The van der Waals surface area contributed by atoms with E-state index in [9.17, 15) is 8.42 Å². The molecule has 0 saturated carbocycles. The van der Waals surface area contributed by atoms with Crippen molar-refractivity contribution in [2.45, 2.75) is 12.8 Å². The Balaban J connectivity index is 1.91. The molecule has 2 aromatic carbocycles. The van der Waals surface area contributed by atoms with Gasteiger partial charge in [-0.25, -0.2) is 13.4 Å². The number of halogens is 1. The first-order chi connectivity index (χ1) is 16.2. The Kier molecular flexibility index (Phi) is 8.37. The highest BCUT2D eigenvalue weighted by molar-refractivity contribution is 7.92. The van der Waals surface area contributed by atoms with Gasteiger partial charge in [-0.15, -0.1) is 0 Å². The van der Waals surface area contributed by atoms with Gasteiger partial charge in [0.1, 0.15) is 16.5 Å². The molecule has 0 fully saturated rings. The van der Waals surface area contributed by atoms with Crippen LogP contribution in [0.25, 0.3) is 0 Å². The van der Waals surface area contributed by atoms with Crippen molar-refractivity contribution in [1.82, 2.24) is 9.97 Å². The Morgan fingerprint density at radius 1 is 1.03 bits per heavy atom. The largest absolute Gasteiger partial charge is 0.497 e. The lowest BCUT2D eigenvalue weighted by molar-refractivity contribution is 0.288. The Morgan fingerprint density at radius 3 is 2.50 bits per heavy atom. The normalized spacial score (nSPS) is 11.1. The van der Waals surface area contributed by atoms with Crippen LogP contribution in [0.1, 0.15) is 12.0 Å². The number of benzene rings is 2. The lowest BCUT2D eigenvalue weighted by Gasteiger charge is -2.16. The van der Waals surface area contributed by atoms with E-state index in [0.717, 1.165) is 11.8 Å². The Morgan fingerprint density at radius 2 is 1.82 bits per heavy atom. The third-order valence-corrected chi connectivity index (χ3v) is 5.52. The molecule has 0 aliphatic heterocycles. The summed E-state index contributed by atoms with van der Waals surface area (Å²) >= 11 is 6.31. The van der Waals surface area contributed by atoms with Crippen molar-refractivity contribution < 1.29 is 23.0 Å². The predicted molar refractivity (Wildman–Crippen MR) is 133 cm³/mol. The maximum Gasteiger partial charge on any atom is 0.229 e. The van der Waals surface area contributed by atoms with E-state index in [0.29, 0.717) is 35.7 Å². The number of hydrogen-bond donors (Lipinski definition) is 4. The van der Waals surface area contributed by atoms with Crippen LogP contribution in [0.15, 0.2) is 42.6 Å². The second kappa shape index (κ2) is 11.2. The lowest BCUT2D eigenvalue weighted by Crippen LogP contribution is -2.11. The monoisotopic (exact) mass is 507 g/mol. The molecule has 4 N–H and O–H groups in total. The Labute approximate surface area is 203 Å². The van der Waals surface area contributed by atoms with E-state index in [-0.39, 0.29) is 29.1 Å². The van der Waals surface area contributed by atoms with E-state index < -0.39 is 10.0 Å². The van der Waals surface area contributed by atoms with Gasteiger partial charge >= 0.3 is 0 Å². The molecule has 12 heteroatoms. The molecule has 1 heterocycles. The maximum atomic E-state index is 11.8. The summed E-state index contributed by atoms with van der Waals surface area (Å²) in [5, 5.41) is 15.5. The van der Waals surface area contributed by atoms with Crippen molar-refractivity contribution in [1.29, 1.82) is 0 Å². The minimum absolute atomic E-state index is 0.103. The zero-order chi connectivity index (χ0) is 24.7. The van der Waals surface area contributed by atoms with Gasteiger partial charge in [0, 0.05) is 12.7 Å². The van der Waals surface area contributed by atoms with Gasteiger partial charge in [0.05, 0.1) is 43.7 Å². The fourth-order valence-corrected chi connectivity index (χ4v) is 3.80. The Hall–Kier alpha value is -3.28. The van der Waals surface area contributed by atoms with Gasteiger partial charge in [0.15, 0.2) is 5.82 Å². The summed E-state index contributed by atoms with van der Waals surface area (Å²) in [4.78, 5) is 8.67. The third-order valence-electron chi connectivity index (χ3n) is 4.65. The number of aryl methyl sites for hydroxylation is 1. The number of anilines is 5. The predicted octanol–water partition coefficient (Wildman–Crippen LogP) is 3.93. The van der Waals surface area contributed by atoms with E-state index in [4.69, 9.17) is 26.2 Å². The molecule has 0 aliphatic rings. The van der Waals surface area contributed by atoms with Gasteiger partial charge in [-0.05, 0) is 42.7 Å². The number of rotatable bonds is 11. The smallest absolute Gasteiger partial charge is 0.229 e. The van der Waals surface area contributed by atoms with Crippen LogP contribution in [0, 0.1) is 0 Å². The first kappa shape index (κ1) is 25.3. The minimum atomic E-state index is -3.55. The molecule has 3 aromatic rings. The van der Waals surface area contributed by atoms with Crippen LogP contribution in [-0.4, -0.2) is 50.6 Å². The number of nitrogens with one attached hydrogen (secondary N) is 3. The first-order valence-electron chi connectivity index (χ1n) is 10.2. The molecule has 0 saturated heterocycles. The van der Waals surface area contributed by atoms with Crippen LogP contribution in [0.3, 0.4) is 0 Å². The van der Waals surface area contributed by atoms with E-state index in [1.165, 1.54) is 13.3 Å². The fraction of sp³-hybridized carbons (Fsp3) is 0.273.